The zero-order chi connectivity index (χ0) is 22.9. The van der Waals surface area contributed by atoms with Crippen LogP contribution in [0.3, 0.4) is 0 Å². The lowest BCUT2D eigenvalue weighted by Gasteiger charge is -2.37. The summed E-state index contributed by atoms with van der Waals surface area (Å²) in [6, 6.07) is 8.88. The zero-order valence-electron chi connectivity index (χ0n) is 17.9. The van der Waals surface area contributed by atoms with Gasteiger partial charge in [-0.1, -0.05) is 12.1 Å². The van der Waals surface area contributed by atoms with Crippen LogP contribution < -0.4 is 11.1 Å². The average molecular weight is 445 g/mol. The number of pyridine rings is 1. The Labute approximate surface area is 184 Å². The number of nitrogens with one attached hydrogen (secondary N) is 2. The van der Waals surface area contributed by atoms with Gasteiger partial charge in [0.15, 0.2) is 0 Å². The SMILES string of the molecule is CC(N)C1CCC(C=O)(CNc2ccnc3[nH]c(-c4ccc(C(F)(F)F)cc4)cc23)CC1. The van der Waals surface area contributed by atoms with Crippen LogP contribution in [0, 0.1) is 11.3 Å². The summed E-state index contributed by atoms with van der Waals surface area (Å²) in [7, 11) is 0. The molecule has 1 aliphatic rings. The van der Waals surface area contributed by atoms with Crippen molar-refractivity contribution in [1.82, 2.24) is 9.97 Å². The first-order valence-corrected chi connectivity index (χ1v) is 10.8. The summed E-state index contributed by atoms with van der Waals surface area (Å²) in [5, 5.41) is 4.24. The van der Waals surface area contributed by atoms with Crippen LogP contribution in [0.15, 0.2) is 42.6 Å². The van der Waals surface area contributed by atoms with Crippen LogP contribution in [0.2, 0.25) is 0 Å². The number of aldehydes is 1. The third-order valence-corrected chi connectivity index (χ3v) is 6.71. The van der Waals surface area contributed by atoms with Gasteiger partial charge in [-0.3, -0.25) is 0 Å². The number of aromatic amines is 1. The van der Waals surface area contributed by atoms with E-state index >= 15 is 0 Å². The summed E-state index contributed by atoms with van der Waals surface area (Å²) in [5.41, 5.74) is 7.71. The van der Waals surface area contributed by atoms with Gasteiger partial charge in [0, 0.05) is 41.0 Å². The van der Waals surface area contributed by atoms with Gasteiger partial charge in [0.2, 0.25) is 0 Å². The van der Waals surface area contributed by atoms with Crippen molar-refractivity contribution in [1.29, 1.82) is 0 Å². The van der Waals surface area contributed by atoms with Crippen molar-refractivity contribution in [3.8, 4) is 11.3 Å². The minimum Gasteiger partial charge on any atom is -0.383 e. The summed E-state index contributed by atoms with van der Waals surface area (Å²) in [5.74, 6) is 0.451. The largest absolute Gasteiger partial charge is 0.416 e. The molecular weight excluding hydrogens is 417 g/mol. The Kier molecular flexibility index (Phi) is 5.99. The molecule has 0 aliphatic heterocycles. The third-order valence-electron chi connectivity index (χ3n) is 6.71. The van der Waals surface area contributed by atoms with E-state index in [1.165, 1.54) is 12.1 Å². The van der Waals surface area contributed by atoms with Crippen molar-refractivity contribution in [3.05, 3.63) is 48.2 Å². The second-order valence-corrected chi connectivity index (χ2v) is 8.91. The Morgan fingerprint density at radius 3 is 2.53 bits per heavy atom. The number of anilines is 1. The molecule has 4 rings (SSSR count). The number of rotatable bonds is 6. The van der Waals surface area contributed by atoms with Crippen LogP contribution in [-0.2, 0) is 11.0 Å². The fourth-order valence-electron chi connectivity index (χ4n) is 4.52. The van der Waals surface area contributed by atoms with Gasteiger partial charge in [0.1, 0.15) is 11.9 Å². The predicted octanol–water partition coefficient (Wildman–Crippen LogP) is 5.38. The van der Waals surface area contributed by atoms with Crippen LogP contribution >= 0.6 is 0 Å². The standard InChI is InChI=1S/C24H27F3N4O/c1-15(28)16-6-9-23(14-32,10-7-16)13-30-20-8-11-29-22-19(20)12-21(31-22)17-2-4-18(5-3-17)24(25,26)27/h2-5,8,11-12,14-16H,6-7,9-10,13,28H2,1H3,(H2,29,30,31). The average Bonchev–Trinajstić information content (AvgIpc) is 3.22. The summed E-state index contributed by atoms with van der Waals surface area (Å²) in [4.78, 5) is 19.5. The second-order valence-electron chi connectivity index (χ2n) is 8.91. The topological polar surface area (TPSA) is 83.8 Å². The molecule has 1 fully saturated rings. The Morgan fingerprint density at radius 1 is 1.25 bits per heavy atom. The quantitative estimate of drug-likeness (QED) is 0.446. The minimum absolute atomic E-state index is 0.135. The highest BCUT2D eigenvalue weighted by molar-refractivity contribution is 5.93. The van der Waals surface area contributed by atoms with Gasteiger partial charge < -0.3 is 20.8 Å². The van der Waals surface area contributed by atoms with Crippen molar-refractivity contribution in [2.45, 2.75) is 44.8 Å². The maximum Gasteiger partial charge on any atom is 0.416 e. The Morgan fingerprint density at radius 2 is 1.94 bits per heavy atom. The van der Waals surface area contributed by atoms with Crippen molar-refractivity contribution in [2.75, 3.05) is 11.9 Å². The van der Waals surface area contributed by atoms with Gasteiger partial charge in [-0.2, -0.15) is 13.2 Å². The number of carbonyl (C=O) groups excluding carboxylic acids is 1. The maximum atomic E-state index is 12.8. The smallest absolute Gasteiger partial charge is 0.383 e. The molecule has 0 saturated heterocycles. The Bertz CT molecular complexity index is 1080. The number of fused-ring (bicyclic) bond motifs is 1. The van der Waals surface area contributed by atoms with E-state index in [4.69, 9.17) is 5.73 Å². The van der Waals surface area contributed by atoms with Crippen LogP contribution in [-0.4, -0.2) is 28.8 Å². The maximum absolute atomic E-state index is 12.8. The molecule has 0 spiro atoms. The lowest BCUT2D eigenvalue weighted by Crippen LogP contribution is -2.39. The number of aromatic nitrogens is 2. The zero-order valence-corrected chi connectivity index (χ0v) is 17.9. The van der Waals surface area contributed by atoms with E-state index in [0.717, 1.165) is 55.2 Å². The Hall–Kier alpha value is -2.87. The molecule has 0 radical (unpaired) electrons. The molecule has 5 nitrogen and oxygen atoms in total. The summed E-state index contributed by atoms with van der Waals surface area (Å²) < 4.78 is 38.5. The molecule has 8 heteroatoms. The fraction of sp³-hybridized carbons (Fsp3) is 0.417. The van der Waals surface area contributed by atoms with E-state index in [2.05, 4.69) is 15.3 Å². The highest BCUT2D eigenvalue weighted by atomic mass is 19.4. The number of alkyl halides is 3. The van der Waals surface area contributed by atoms with Crippen molar-refractivity contribution in [2.24, 2.45) is 17.1 Å². The van der Waals surface area contributed by atoms with Crippen LogP contribution in [0.25, 0.3) is 22.3 Å². The molecule has 1 aromatic carbocycles. The fourth-order valence-corrected chi connectivity index (χ4v) is 4.52. The molecule has 0 amide bonds. The van der Waals surface area contributed by atoms with Crippen molar-refractivity contribution in [3.63, 3.8) is 0 Å². The highest BCUT2D eigenvalue weighted by Crippen LogP contribution is 2.39. The predicted molar refractivity (Wildman–Crippen MR) is 119 cm³/mol. The van der Waals surface area contributed by atoms with E-state index in [1.807, 2.05) is 19.1 Å². The molecule has 2 aromatic heterocycles. The number of H-pyrrole nitrogens is 1. The van der Waals surface area contributed by atoms with Gasteiger partial charge in [0.05, 0.1) is 5.56 Å². The first-order chi connectivity index (χ1) is 15.2. The van der Waals surface area contributed by atoms with Gasteiger partial charge in [-0.15, -0.1) is 0 Å². The molecule has 2 heterocycles. The molecule has 32 heavy (non-hydrogen) atoms. The Balaban J connectivity index is 1.53. The molecular formula is C24H27F3N4O. The van der Waals surface area contributed by atoms with Gasteiger partial charge in [-0.25, -0.2) is 4.98 Å². The normalized spacial score (nSPS) is 22.6. The molecule has 1 aliphatic carbocycles. The molecule has 4 N–H and O–H groups in total. The first kappa shape index (κ1) is 22.3. The minimum atomic E-state index is -4.37. The molecule has 1 atom stereocenters. The molecule has 1 unspecified atom stereocenters. The van der Waals surface area contributed by atoms with Crippen LogP contribution in [0.1, 0.15) is 38.2 Å². The monoisotopic (exact) mass is 444 g/mol. The van der Waals surface area contributed by atoms with E-state index in [9.17, 15) is 18.0 Å². The lowest BCUT2D eigenvalue weighted by atomic mass is 9.70. The van der Waals surface area contributed by atoms with Crippen LogP contribution in [0.5, 0.6) is 0 Å². The summed E-state index contributed by atoms with van der Waals surface area (Å²) in [6.45, 7) is 2.53. The van der Waals surface area contributed by atoms with E-state index < -0.39 is 17.2 Å². The van der Waals surface area contributed by atoms with E-state index in [-0.39, 0.29) is 6.04 Å². The van der Waals surface area contributed by atoms with Crippen molar-refractivity contribution < 1.29 is 18.0 Å². The number of hydrogen-bond acceptors (Lipinski definition) is 4. The molecule has 1 saturated carbocycles. The van der Waals surface area contributed by atoms with Crippen molar-refractivity contribution >= 4 is 23.0 Å². The van der Waals surface area contributed by atoms with E-state index in [1.54, 1.807) is 6.20 Å². The van der Waals surface area contributed by atoms with Gasteiger partial charge in [-0.05, 0) is 68.4 Å². The summed E-state index contributed by atoms with van der Waals surface area (Å²) >= 11 is 0. The number of benzene rings is 1. The number of hydrogen-bond donors (Lipinski definition) is 3. The number of nitrogens with two attached hydrogens (primary N) is 1. The number of carbonyl (C=O) groups is 1. The second kappa shape index (κ2) is 8.58. The molecule has 0 bridgehead atoms. The third kappa shape index (κ3) is 4.50. The molecule has 170 valence electrons. The lowest BCUT2D eigenvalue weighted by molar-refractivity contribution is -0.137. The van der Waals surface area contributed by atoms with E-state index in [0.29, 0.717) is 29.4 Å². The van der Waals surface area contributed by atoms with Gasteiger partial charge in [0.25, 0.3) is 0 Å². The number of halogens is 3. The summed E-state index contributed by atoms with van der Waals surface area (Å²) in [6.07, 6.45) is 1.84. The highest BCUT2D eigenvalue weighted by Gasteiger charge is 2.36. The molecule has 3 aromatic rings. The number of nitrogens with zero attached hydrogens (tertiary/aromatic N) is 1. The first-order valence-electron chi connectivity index (χ1n) is 10.8. The van der Waals surface area contributed by atoms with Gasteiger partial charge >= 0.3 is 6.18 Å². The van der Waals surface area contributed by atoms with Crippen LogP contribution in [0.4, 0.5) is 18.9 Å².